The number of hydrogen-bond donors (Lipinski definition) is 1. The van der Waals surface area contributed by atoms with Crippen LogP contribution in [0.25, 0.3) is 0 Å². The van der Waals surface area contributed by atoms with Crippen LogP contribution in [0.5, 0.6) is 0 Å². The highest BCUT2D eigenvalue weighted by molar-refractivity contribution is 6.31. The molecule has 0 atom stereocenters. The van der Waals surface area contributed by atoms with E-state index in [1.165, 1.54) is 6.42 Å². The molecule has 1 aromatic rings. The number of halogens is 2. The molecule has 100 valence electrons. The van der Waals surface area contributed by atoms with Gasteiger partial charge in [-0.1, -0.05) is 43.0 Å². The van der Waals surface area contributed by atoms with Gasteiger partial charge in [0, 0.05) is 16.1 Å². The molecule has 0 aromatic heterocycles. The highest BCUT2D eigenvalue weighted by Gasteiger charge is 2.36. The Morgan fingerprint density at radius 2 is 1.83 bits per heavy atom. The van der Waals surface area contributed by atoms with Crippen molar-refractivity contribution in [1.82, 2.24) is 0 Å². The highest BCUT2D eigenvalue weighted by Crippen LogP contribution is 2.43. The molecular formula is C15H21ClFN. The first-order valence-electron chi connectivity index (χ1n) is 6.62. The van der Waals surface area contributed by atoms with Gasteiger partial charge in [0.1, 0.15) is 5.67 Å². The Labute approximate surface area is 114 Å². The normalized spacial score (nSPS) is 19.8. The maximum atomic E-state index is 14.4. The Bertz CT molecular complexity index is 431. The summed E-state index contributed by atoms with van der Waals surface area (Å²) in [4.78, 5) is 0. The van der Waals surface area contributed by atoms with Crippen LogP contribution >= 0.6 is 11.6 Å². The van der Waals surface area contributed by atoms with Crippen LogP contribution in [0.3, 0.4) is 0 Å². The number of hydrogen-bond acceptors (Lipinski definition) is 1. The van der Waals surface area contributed by atoms with Crippen LogP contribution in [0.2, 0.25) is 5.02 Å². The first kappa shape index (κ1) is 13.8. The lowest BCUT2D eigenvalue weighted by Gasteiger charge is -2.37. The van der Waals surface area contributed by atoms with E-state index in [0.717, 1.165) is 31.2 Å². The second kappa shape index (κ2) is 4.82. The van der Waals surface area contributed by atoms with Crippen molar-refractivity contribution < 1.29 is 4.39 Å². The fourth-order valence-electron chi connectivity index (χ4n) is 3.00. The quantitative estimate of drug-likeness (QED) is 0.830. The van der Waals surface area contributed by atoms with Gasteiger partial charge in [-0.3, -0.25) is 0 Å². The van der Waals surface area contributed by atoms with E-state index in [2.05, 4.69) is 0 Å². The molecule has 2 rings (SSSR count). The predicted molar refractivity (Wildman–Crippen MR) is 74.5 cm³/mol. The van der Waals surface area contributed by atoms with E-state index < -0.39 is 11.2 Å². The monoisotopic (exact) mass is 269 g/mol. The molecule has 0 radical (unpaired) electrons. The van der Waals surface area contributed by atoms with Gasteiger partial charge in [-0.15, -0.1) is 0 Å². The summed E-state index contributed by atoms with van der Waals surface area (Å²) in [6, 6.07) is 5.55. The molecule has 1 aliphatic carbocycles. The summed E-state index contributed by atoms with van der Waals surface area (Å²) in [6.07, 6.45) is 5.26. The van der Waals surface area contributed by atoms with Crippen molar-refractivity contribution in [3.63, 3.8) is 0 Å². The van der Waals surface area contributed by atoms with Crippen molar-refractivity contribution in [2.45, 2.75) is 57.2 Å². The third kappa shape index (κ3) is 2.55. The molecule has 0 saturated heterocycles. The van der Waals surface area contributed by atoms with Gasteiger partial charge in [0.2, 0.25) is 0 Å². The van der Waals surface area contributed by atoms with Gasteiger partial charge in [0.05, 0.1) is 0 Å². The van der Waals surface area contributed by atoms with Gasteiger partial charge in [-0.05, 0) is 38.3 Å². The van der Waals surface area contributed by atoms with Crippen LogP contribution in [0.1, 0.15) is 57.1 Å². The summed E-state index contributed by atoms with van der Waals surface area (Å²) in [6.45, 7) is 3.09. The van der Waals surface area contributed by atoms with E-state index in [0.29, 0.717) is 10.6 Å². The second-order valence-corrected chi connectivity index (χ2v) is 6.26. The summed E-state index contributed by atoms with van der Waals surface area (Å²) < 4.78 is 14.4. The van der Waals surface area contributed by atoms with Crippen LogP contribution in [-0.2, 0) is 11.2 Å². The molecular weight excluding hydrogens is 249 g/mol. The van der Waals surface area contributed by atoms with E-state index in [4.69, 9.17) is 17.3 Å². The molecule has 1 saturated carbocycles. The van der Waals surface area contributed by atoms with E-state index >= 15 is 0 Å². The van der Waals surface area contributed by atoms with Gasteiger partial charge in [0.25, 0.3) is 0 Å². The fourth-order valence-corrected chi connectivity index (χ4v) is 3.39. The summed E-state index contributed by atoms with van der Waals surface area (Å²) in [7, 11) is 0. The van der Waals surface area contributed by atoms with Crippen molar-refractivity contribution >= 4 is 11.6 Å². The van der Waals surface area contributed by atoms with E-state index in [9.17, 15) is 4.39 Å². The number of nitrogens with two attached hydrogens (primary N) is 1. The van der Waals surface area contributed by atoms with Crippen LogP contribution in [0.4, 0.5) is 4.39 Å². The Morgan fingerprint density at radius 1 is 1.22 bits per heavy atom. The third-order valence-electron chi connectivity index (χ3n) is 3.89. The highest BCUT2D eigenvalue weighted by atomic mass is 35.5. The molecule has 0 bridgehead atoms. The minimum absolute atomic E-state index is 0.415. The maximum Gasteiger partial charge on any atom is 0.132 e. The lowest BCUT2D eigenvalue weighted by Crippen LogP contribution is -2.40. The molecule has 18 heavy (non-hydrogen) atoms. The minimum atomic E-state index is -1.46. The molecule has 1 nitrogen and oxygen atoms in total. The van der Waals surface area contributed by atoms with Gasteiger partial charge in [-0.2, -0.15) is 0 Å². The summed E-state index contributed by atoms with van der Waals surface area (Å²) in [5, 5.41) is 0.482. The van der Waals surface area contributed by atoms with Crippen molar-refractivity contribution in [2.75, 3.05) is 0 Å². The zero-order valence-corrected chi connectivity index (χ0v) is 11.9. The lowest BCUT2D eigenvalue weighted by atomic mass is 9.74. The Hall–Kier alpha value is -0.600. The maximum absolute atomic E-state index is 14.4. The summed E-state index contributed by atoms with van der Waals surface area (Å²) >= 11 is 6.20. The molecule has 0 amide bonds. The van der Waals surface area contributed by atoms with E-state index in [1.54, 1.807) is 19.9 Å². The van der Waals surface area contributed by atoms with Crippen molar-refractivity contribution in [3.05, 3.63) is 34.3 Å². The molecule has 0 spiro atoms. The van der Waals surface area contributed by atoms with Gasteiger partial charge in [-0.25, -0.2) is 4.39 Å². The molecule has 0 aliphatic heterocycles. The molecule has 1 aromatic carbocycles. The molecule has 1 aliphatic rings. The van der Waals surface area contributed by atoms with Crippen LogP contribution < -0.4 is 5.73 Å². The Balaban J connectivity index is 2.53. The lowest BCUT2D eigenvalue weighted by molar-refractivity contribution is 0.210. The molecule has 2 N–H and O–H groups in total. The van der Waals surface area contributed by atoms with E-state index in [-0.39, 0.29) is 0 Å². The second-order valence-electron chi connectivity index (χ2n) is 5.85. The van der Waals surface area contributed by atoms with Gasteiger partial charge < -0.3 is 5.73 Å². The number of alkyl halides is 1. The first-order valence-corrected chi connectivity index (χ1v) is 7.00. The van der Waals surface area contributed by atoms with Crippen LogP contribution in [0.15, 0.2) is 18.2 Å². The molecule has 0 unspecified atom stereocenters. The predicted octanol–water partition coefficient (Wildman–Crippen LogP) is 4.66. The van der Waals surface area contributed by atoms with Crippen molar-refractivity contribution in [1.29, 1.82) is 0 Å². The standard InChI is InChI=1S/C15H21ClFN/c1-14(2,17)13-11(7-6-8-12(13)16)15(18)9-4-3-5-10-15/h6-8H,3-5,9-10,18H2,1-2H3. The van der Waals surface area contributed by atoms with Gasteiger partial charge >= 0.3 is 0 Å². The average Bonchev–Trinajstić information content (AvgIpc) is 2.28. The van der Waals surface area contributed by atoms with Crippen molar-refractivity contribution in [2.24, 2.45) is 5.73 Å². The molecule has 0 heterocycles. The third-order valence-corrected chi connectivity index (χ3v) is 4.21. The molecule has 1 fully saturated rings. The zero-order valence-electron chi connectivity index (χ0n) is 11.1. The SMILES string of the molecule is CC(C)(F)c1c(Cl)cccc1C1(N)CCCCC1. The zero-order chi connectivity index (χ0) is 13.4. The minimum Gasteiger partial charge on any atom is -0.321 e. The molecule has 3 heteroatoms. The smallest absolute Gasteiger partial charge is 0.132 e. The Kier molecular flexibility index (Phi) is 3.70. The first-order chi connectivity index (χ1) is 8.34. The van der Waals surface area contributed by atoms with Gasteiger partial charge in [0.15, 0.2) is 0 Å². The summed E-state index contributed by atoms with van der Waals surface area (Å²) in [5.74, 6) is 0. The average molecular weight is 270 g/mol. The summed E-state index contributed by atoms with van der Waals surface area (Å²) in [5.41, 5.74) is 6.10. The van der Waals surface area contributed by atoms with Crippen molar-refractivity contribution in [3.8, 4) is 0 Å². The van der Waals surface area contributed by atoms with E-state index in [1.807, 2.05) is 12.1 Å². The largest absolute Gasteiger partial charge is 0.321 e. The fraction of sp³-hybridized carbons (Fsp3) is 0.600. The van der Waals surface area contributed by atoms with Crippen LogP contribution in [0, 0.1) is 0 Å². The topological polar surface area (TPSA) is 26.0 Å². The van der Waals surface area contributed by atoms with Crippen LogP contribution in [-0.4, -0.2) is 0 Å². The number of benzene rings is 1. The Morgan fingerprint density at radius 3 is 2.39 bits per heavy atom. The number of rotatable bonds is 2.